The van der Waals surface area contributed by atoms with Gasteiger partial charge in [-0.15, -0.1) is 0 Å². The third-order valence-corrected chi connectivity index (χ3v) is 6.34. The van der Waals surface area contributed by atoms with Crippen LogP contribution in [0.5, 0.6) is 0 Å². The molecule has 0 aliphatic carbocycles. The first-order valence-electron chi connectivity index (χ1n) is 8.51. The highest BCUT2D eigenvalue weighted by molar-refractivity contribution is 7.90. The lowest BCUT2D eigenvalue weighted by atomic mass is 9.96. The van der Waals surface area contributed by atoms with Crippen LogP contribution in [0.4, 0.5) is 14.7 Å². The lowest BCUT2D eigenvalue weighted by Gasteiger charge is -2.13. The van der Waals surface area contributed by atoms with Gasteiger partial charge in [-0.1, -0.05) is 6.07 Å². The third kappa shape index (κ3) is 3.83. The Morgan fingerprint density at radius 2 is 1.72 bits per heavy atom. The molecule has 29 heavy (non-hydrogen) atoms. The minimum absolute atomic E-state index is 0.0615. The maximum Gasteiger partial charge on any atom is 0.244 e. The molecule has 0 atom stereocenters. The van der Waals surface area contributed by atoms with Gasteiger partial charge in [0.25, 0.3) is 0 Å². The fourth-order valence-electron chi connectivity index (χ4n) is 2.90. The predicted molar refractivity (Wildman–Crippen MR) is 106 cm³/mol. The number of nitrogens with two attached hydrogens (primary N) is 2. The Morgan fingerprint density at radius 3 is 2.28 bits per heavy atom. The summed E-state index contributed by atoms with van der Waals surface area (Å²) in [5, 5.41) is -0.774. The van der Waals surface area contributed by atoms with Gasteiger partial charge in [0.1, 0.15) is 11.6 Å². The van der Waals surface area contributed by atoms with Crippen molar-refractivity contribution in [1.29, 1.82) is 0 Å². The summed E-state index contributed by atoms with van der Waals surface area (Å²) in [4.78, 5) is 15.6. The maximum absolute atomic E-state index is 13.7. The lowest BCUT2D eigenvalue weighted by molar-refractivity contribution is -0.113. The zero-order valence-electron chi connectivity index (χ0n) is 15.6. The van der Waals surface area contributed by atoms with Crippen molar-refractivity contribution >= 4 is 38.5 Å². The summed E-state index contributed by atoms with van der Waals surface area (Å²) < 4.78 is 53.7. The average Bonchev–Trinajstić information content (AvgIpc) is 2.93. The first-order chi connectivity index (χ1) is 13.5. The zero-order valence-corrected chi connectivity index (χ0v) is 16.4. The van der Waals surface area contributed by atoms with E-state index < -0.39 is 32.8 Å². The molecule has 1 aromatic heterocycles. The number of aromatic nitrogens is 2. The second-order valence-electron chi connectivity index (χ2n) is 6.65. The van der Waals surface area contributed by atoms with E-state index in [0.717, 1.165) is 22.2 Å². The Labute approximate surface area is 165 Å². The van der Waals surface area contributed by atoms with Crippen molar-refractivity contribution < 1.29 is 22.0 Å². The molecule has 10 heteroatoms. The molecule has 0 spiro atoms. The summed E-state index contributed by atoms with van der Waals surface area (Å²) in [5.74, 6) is -2.74. The van der Waals surface area contributed by atoms with Crippen LogP contribution in [-0.2, 0) is 14.8 Å². The molecule has 1 amide bonds. The van der Waals surface area contributed by atoms with E-state index >= 15 is 0 Å². The molecular formula is C19H18F2N4O3S. The molecule has 0 saturated heterocycles. The third-order valence-electron chi connectivity index (χ3n) is 4.26. The topological polar surface area (TPSA) is 121 Å². The molecule has 0 radical (unpaired) electrons. The predicted octanol–water partition coefficient (Wildman–Crippen LogP) is 2.40. The number of nitrogens with zero attached hydrogens (tertiary/aromatic N) is 2. The smallest absolute Gasteiger partial charge is 0.244 e. The van der Waals surface area contributed by atoms with Crippen molar-refractivity contribution in [1.82, 2.24) is 8.96 Å². The van der Waals surface area contributed by atoms with Crippen LogP contribution in [-0.4, -0.2) is 28.5 Å². The van der Waals surface area contributed by atoms with Gasteiger partial charge in [0.15, 0.2) is 0 Å². The quantitative estimate of drug-likeness (QED) is 0.614. The molecule has 0 aliphatic rings. The van der Waals surface area contributed by atoms with E-state index in [-0.39, 0.29) is 22.6 Å². The Bertz CT molecular complexity index is 1240. The van der Waals surface area contributed by atoms with Crippen LogP contribution >= 0.6 is 0 Å². The van der Waals surface area contributed by atoms with Crippen LogP contribution in [0.25, 0.3) is 16.6 Å². The van der Waals surface area contributed by atoms with E-state index in [1.807, 2.05) is 0 Å². The number of carbonyl (C=O) groups excluding carboxylic acids is 1. The first-order valence-corrected chi connectivity index (χ1v) is 10.0. The van der Waals surface area contributed by atoms with Crippen molar-refractivity contribution in [3.63, 3.8) is 0 Å². The highest BCUT2D eigenvalue weighted by Gasteiger charge is 2.25. The molecule has 0 aliphatic heterocycles. The van der Waals surface area contributed by atoms with Crippen LogP contribution in [0.1, 0.15) is 25.0 Å². The molecule has 0 unspecified atom stereocenters. The van der Waals surface area contributed by atoms with Gasteiger partial charge in [-0.2, -0.15) is 0 Å². The molecule has 3 aromatic rings. The average molecular weight is 420 g/mol. The number of amides is 1. The second kappa shape index (κ2) is 7.28. The van der Waals surface area contributed by atoms with Crippen molar-refractivity contribution in [2.45, 2.75) is 19.1 Å². The van der Waals surface area contributed by atoms with Crippen molar-refractivity contribution in [2.75, 3.05) is 5.73 Å². The molecule has 7 nitrogen and oxygen atoms in total. The van der Waals surface area contributed by atoms with Gasteiger partial charge in [-0.05, 0) is 54.8 Å². The van der Waals surface area contributed by atoms with E-state index in [4.69, 9.17) is 11.5 Å². The number of fused-ring (bicyclic) bond motifs is 1. The Balaban J connectivity index is 2.31. The normalized spacial score (nSPS) is 12.7. The summed E-state index contributed by atoms with van der Waals surface area (Å²) in [7, 11) is -3.84. The van der Waals surface area contributed by atoms with Crippen LogP contribution in [0, 0.1) is 11.6 Å². The molecule has 3 rings (SSSR count). The molecule has 0 bridgehead atoms. The number of hydrogen-bond donors (Lipinski definition) is 2. The number of rotatable bonds is 5. The van der Waals surface area contributed by atoms with Gasteiger partial charge in [0.05, 0.1) is 16.3 Å². The highest BCUT2D eigenvalue weighted by Crippen LogP contribution is 2.30. The summed E-state index contributed by atoms with van der Waals surface area (Å²) in [6, 6.07) is 7.23. The molecule has 0 saturated carbocycles. The summed E-state index contributed by atoms with van der Waals surface area (Å²) in [6.45, 7) is 3.00. The number of benzene rings is 2. The lowest BCUT2D eigenvalue weighted by Crippen LogP contribution is -2.23. The maximum atomic E-state index is 13.7. The molecular weight excluding hydrogens is 402 g/mol. The van der Waals surface area contributed by atoms with Crippen LogP contribution in [0.3, 0.4) is 0 Å². The summed E-state index contributed by atoms with van der Waals surface area (Å²) in [5.41, 5.74) is 12.0. The minimum atomic E-state index is -3.84. The number of primary amides is 1. The number of halogens is 2. The van der Waals surface area contributed by atoms with E-state index in [1.54, 1.807) is 0 Å². The number of nitrogen functional groups attached to an aromatic ring is 1. The van der Waals surface area contributed by atoms with Crippen molar-refractivity contribution in [3.8, 4) is 0 Å². The van der Waals surface area contributed by atoms with Gasteiger partial charge >= 0.3 is 0 Å². The molecule has 0 fully saturated rings. The standard InChI is InChI=1S/C19H18F2N4O3S/c1-10(2)29(27,28)25-17-7-11(3-4-16(17)24-19(25)23)15(9-18(22)26)12-5-13(20)8-14(21)6-12/h3-10H,1-2H3,(H2,22,26)(H2,23,24)/b15-9-. The van der Waals surface area contributed by atoms with Gasteiger partial charge in [0.2, 0.25) is 21.9 Å². The number of imidazole rings is 1. The number of carbonyl (C=O) groups is 1. The Kier molecular flexibility index (Phi) is 5.14. The molecule has 2 aromatic carbocycles. The van der Waals surface area contributed by atoms with E-state index in [1.165, 1.54) is 32.0 Å². The second-order valence-corrected chi connectivity index (χ2v) is 8.99. The monoisotopic (exact) mass is 420 g/mol. The van der Waals surface area contributed by atoms with Crippen molar-refractivity contribution in [3.05, 3.63) is 65.2 Å². The zero-order chi connectivity index (χ0) is 21.5. The Hall–Kier alpha value is -3.27. The number of anilines is 1. The summed E-state index contributed by atoms with van der Waals surface area (Å²) >= 11 is 0. The first kappa shape index (κ1) is 20.5. The minimum Gasteiger partial charge on any atom is -0.368 e. The van der Waals surface area contributed by atoms with E-state index in [9.17, 15) is 22.0 Å². The van der Waals surface area contributed by atoms with Gasteiger partial charge < -0.3 is 11.5 Å². The molecule has 152 valence electrons. The fraction of sp³-hybridized carbons (Fsp3) is 0.158. The van der Waals surface area contributed by atoms with Crippen LogP contribution in [0.2, 0.25) is 0 Å². The van der Waals surface area contributed by atoms with Crippen molar-refractivity contribution in [2.24, 2.45) is 5.73 Å². The largest absolute Gasteiger partial charge is 0.368 e. The van der Waals surface area contributed by atoms with Crippen LogP contribution < -0.4 is 11.5 Å². The molecule has 1 heterocycles. The van der Waals surface area contributed by atoms with Gasteiger partial charge in [0, 0.05) is 12.1 Å². The van der Waals surface area contributed by atoms with E-state index in [2.05, 4.69) is 4.98 Å². The summed E-state index contributed by atoms with van der Waals surface area (Å²) in [6.07, 6.45) is 1.01. The Morgan fingerprint density at radius 1 is 1.10 bits per heavy atom. The van der Waals surface area contributed by atoms with Gasteiger partial charge in [-0.25, -0.2) is 26.2 Å². The van der Waals surface area contributed by atoms with E-state index in [0.29, 0.717) is 17.1 Å². The molecule has 4 N–H and O–H groups in total. The highest BCUT2D eigenvalue weighted by atomic mass is 32.2. The fourth-order valence-corrected chi connectivity index (χ4v) is 4.05. The van der Waals surface area contributed by atoms with Crippen LogP contribution in [0.15, 0.2) is 42.5 Å². The van der Waals surface area contributed by atoms with Gasteiger partial charge in [-0.3, -0.25) is 4.79 Å². The SMILES string of the molecule is CC(C)S(=O)(=O)n1c(N)nc2ccc(/C(=C/C(N)=O)c3cc(F)cc(F)c3)cc21. The number of hydrogen-bond acceptors (Lipinski definition) is 5.